The van der Waals surface area contributed by atoms with Crippen molar-refractivity contribution >= 4 is 39.8 Å². The van der Waals surface area contributed by atoms with Crippen LogP contribution < -0.4 is 0 Å². The zero-order valence-corrected chi connectivity index (χ0v) is 15.4. The van der Waals surface area contributed by atoms with Crippen LogP contribution in [0.3, 0.4) is 0 Å². The Labute approximate surface area is 138 Å². The number of guanidine groups is 1. The minimum absolute atomic E-state index is 0. The van der Waals surface area contributed by atoms with Crippen molar-refractivity contribution in [2.45, 2.75) is 4.90 Å². The minimum atomic E-state index is -3.25. The molecule has 0 bridgehead atoms. The van der Waals surface area contributed by atoms with Crippen LogP contribution in [-0.4, -0.2) is 64.7 Å². The molecule has 0 aromatic heterocycles. The number of hydrogen-bond acceptors (Lipinski definition) is 3. The summed E-state index contributed by atoms with van der Waals surface area (Å²) in [5.41, 5.74) is 0. The highest BCUT2D eigenvalue weighted by atomic mass is 127. The van der Waals surface area contributed by atoms with Crippen molar-refractivity contribution in [3.05, 3.63) is 30.3 Å². The molecule has 0 radical (unpaired) electrons. The summed E-state index contributed by atoms with van der Waals surface area (Å²) in [4.78, 5) is 8.38. The smallest absolute Gasteiger partial charge is 0.195 e. The van der Waals surface area contributed by atoms with Gasteiger partial charge in [0.2, 0.25) is 0 Å². The zero-order valence-electron chi connectivity index (χ0n) is 12.3. The predicted octanol–water partition coefficient (Wildman–Crippen LogP) is 1.56. The Morgan fingerprint density at radius 2 is 1.55 bits per heavy atom. The number of nitrogens with zero attached hydrogens (tertiary/aromatic N) is 3. The molecule has 1 aromatic rings. The van der Waals surface area contributed by atoms with E-state index in [1.165, 1.54) is 0 Å². The molecule has 0 amide bonds. The summed E-state index contributed by atoms with van der Waals surface area (Å²) in [5.74, 6) is 0.769. The van der Waals surface area contributed by atoms with Crippen LogP contribution in [0.4, 0.5) is 0 Å². The van der Waals surface area contributed by atoms with E-state index >= 15 is 0 Å². The molecular formula is C13H22IN3O2S. The highest BCUT2D eigenvalue weighted by Crippen LogP contribution is 2.09. The SMILES string of the molecule is CN(C)C(=NCCS(=O)(=O)c1ccccc1)N(C)C.I. The Kier molecular flexibility index (Phi) is 8.10. The summed E-state index contributed by atoms with van der Waals surface area (Å²) in [6, 6.07) is 8.46. The fourth-order valence-electron chi connectivity index (χ4n) is 1.69. The van der Waals surface area contributed by atoms with Crippen molar-refractivity contribution in [2.75, 3.05) is 40.5 Å². The lowest BCUT2D eigenvalue weighted by Gasteiger charge is -2.22. The molecule has 5 nitrogen and oxygen atoms in total. The highest BCUT2D eigenvalue weighted by molar-refractivity contribution is 14.0. The topological polar surface area (TPSA) is 53.0 Å². The predicted molar refractivity (Wildman–Crippen MR) is 93.6 cm³/mol. The molecule has 7 heteroatoms. The highest BCUT2D eigenvalue weighted by Gasteiger charge is 2.13. The molecule has 1 aromatic carbocycles. The Balaban J connectivity index is 0.00000361. The third-order valence-electron chi connectivity index (χ3n) is 2.52. The van der Waals surface area contributed by atoms with E-state index in [-0.39, 0.29) is 36.3 Å². The normalized spacial score (nSPS) is 10.4. The van der Waals surface area contributed by atoms with E-state index in [2.05, 4.69) is 4.99 Å². The first-order valence-corrected chi connectivity index (χ1v) is 7.66. The van der Waals surface area contributed by atoms with Gasteiger partial charge in [0.25, 0.3) is 0 Å². The van der Waals surface area contributed by atoms with Crippen molar-refractivity contribution in [1.29, 1.82) is 0 Å². The molecule has 20 heavy (non-hydrogen) atoms. The Morgan fingerprint density at radius 3 is 2.00 bits per heavy atom. The number of sulfone groups is 1. The second-order valence-corrected chi connectivity index (χ2v) is 6.71. The van der Waals surface area contributed by atoms with E-state index in [0.717, 1.165) is 5.96 Å². The van der Waals surface area contributed by atoms with Crippen LogP contribution in [0.5, 0.6) is 0 Å². The van der Waals surface area contributed by atoms with Crippen LogP contribution in [0.2, 0.25) is 0 Å². The number of hydrogen-bond donors (Lipinski definition) is 0. The standard InChI is InChI=1S/C13H21N3O2S.HI/c1-15(2)13(16(3)4)14-10-11-19(17,18)12-8-6-5-7-9-12;/h5-9H,10-11H2,1-4H3;1H. The van der Waals surface area contributed by atoms with Gasteiger partial charge in [0.05, 0.1) is 17.2 Å². The van der Waals surface area contributed by atoms with Gasteiger partial charge in [0.15, 0.2) is 15.8 Å². The van der Waals surface area contributed by atoms with Crippen molar-refractivity contribution in [1.82, 2.24) is 9.80 Å². The molecule has 0 saturated carbocycles. The maximum Gasteiger partial charge on any atom is 0.195 e. The van der Waals surface area contributed by atoms with Crippen molar-refractivity contribution < 1.29 is 8.42 Å². The van der Waals surface area contributed by atoms with Gasteiger partial charge in [-0.2, -0.15) is 0 Å². The molecule has 0 saturated heterocycles. The molecule has 0 N–H and O–H groups in total. The summed E-state index contributed by atoms with van der Waals surface area (Å²) in [7, 11) is 4.27. The molecule has 1 rings (SSSR count). The van der Waals surface area contributed by atoms with Gasteiger partial charge in [-0.05, 0) is 12.1 Å². The van der Waals surface area contributed by atoms with Gasteiger partial charge in [0, 0.05) is 28.2 Å². The lowest BCUT2D eigenvalue weighted by Crippen LogP contribution is -2.35. The first-order chi connectivity index (χ1) is 8.84. The zero-order chi connectivity index (χ0) is 14.5. The molecule has 0 heterocycles. The van der Waals surface area contributed by atoms with Gasteiger partial charge >= 0.3 is 0 Å². The minimum Gasteiger partial charge on any atom is -0.349 e. The van der Waals surface area contributed by atoms with Gasteiger partial charge in [-0.1, -0.05) is 18.2 Å². The largest absolute Gasteiger partial charge is 0.349 e. The molecule has 0 unspecified atom stereocenters. The lowest BCUT2D eigenvalue weighted by atomic mass is 10.4. The molecule has 114 valence electrons. The second kappa shape index (κ2) is 8.46. The lowest BCUT2D eigenvalue weighted by molar-refractivity contribution is 0.480. The van der Waals surface area contributed by atoms with Crippen LogP contribution in [-0.2, 0) is 9.84 Å². The monoisotopic (exact) mass is 411 g/mol. The maximum atomic E-state index is 12.1. The van der Waals surface area contributed by atoms with E-state index in [9.17, 15) is 8.42 Å². The van der Waals surface area contributed by atoms with E-state index < -0.39 is 9.84 Å². The van der Waals surface area contributed by atoms with E-state index in [4.69, 9.17) is 0 Å². The molecule has 0 atom stereocenters. The van der Waals surface area contributed by atoms with Crippen LogP contribution in [0.1, 0.15) is 0 Å². The number of halogens is 1. The Morgan fingerprint density at radius 1 is 1.05 bits per heavy atom. The summed E-state index contributed by atoms with van der Waals surface area (Å²) in [6.07, 6.45) is 0. The van der Waals surface area contributed by atoms with Crippen LogP contribution in [0.25, 0.3) is 0 Å². The van der Waals surface area contributed by atoms with Crippen molar-refractivity contribution in [3.8, 4) is 0 Å². The maximum absolute atomic E-state index is 12.1. The first kappa shape index (κ1) is 19.2. The number of aliphatic imine (C=N–C) groups is 1. The molecule has 0 fully saturated rings. The van der Waals surface area contributed by atoms with E-state index in [1.54, 1.807) is 30.3 Å². The van der Waals surface area contributed by atoms with E-state index in [0.29, 0.717) is 4.90 Å². The second-order valence-electron chi connectivity index (χ2n) is 4.60. The van der Waals surface area contributed by atoms with Crippen LogP contribution in [0.15, 0.2) is 40.2 Å². The third kappa shape index (κ3) is 5.66. The summed E-state index contributed by atoms with van der Waals surface area (Å²) >= 11 is 0. The Hall–Kier alpha value is -0.830. The number of benzene rings is 1. The first-order valence-electron chi connectivity index (χ1n) is 6.01. The fraction of sp³-hybridized carbons (Fsp3) is 0.462. The van der Waals surface area contributed by atoms with Crippen LogP contribution >= 0.6 is 24.0 Å². The van der Waals surface area contributed by atoms with Crippen molar-refractivity contribution in [3.63, 3.8) is 0 Å². The summed E-state index contributed by atoms with van der Waals surface area (Å²) in [5, 5.41) is 0. The molecular weight excluding hydrogens is 389 g/mol. The third-order valence-corrected chi connectivity index (χ3v) is 4.23. The average Bonchev–Trinajstić information content (AvgIpc) is 2.34. The summed E-state index contributed by atoms with van der Waals surface area (Å²) in [6.45, 7) is 0.253. The van der Waals surface area contributed by atoms with Gasteiger partial charge in [0.1, 0.15) is 0 Å². The van der Waals surface area contributed by atoms with Crippen LogP contribution in [0, 0.1) is 0 Å². The average molecular weight is 411 g/mol. The van der Waals surface area contributed by atoms with Gasteiger partial charge < -0.3 is 9.80 Å². The van der Waals surface area contributed by atoms with E-state index in [1.807, 2.05) is 38.0 Å². The Bertz CT molecular complexity index is 518. The quantitative estimate of drug-likeness (QED) is 0.429. The molecule has 0 aliphatic carbocycles. The van der Waals surface area contributed by atoms with Gasteiger partial charge in [-0.15, -0.1) is 24.0 Å². The van der Waals surface area contributed by atoms with Gasteiger partial charge in [-0.25, -0.2) is 8.42 Å². The molecule has 0 aliphatic rings. The summed E-state index contributed by atoms with van der Waals surface area (Å²) < 4.78 is 24.1. The van der Waals surface area contributed by atoms with Crippen molar-refractivity contribution in [2.24, 2.45) is 4.99 Å². The number of rotatable bonds is 4. The fourth-order valence-corrected chi connectivity index (χ4v) is 2.83. The molecule has 0 spiro atoms. The van der Waals surface area contributed by atoms with Gasteiger partial charge in [-0.3, -0.25) is 4.99 Å². The molecule has 0 aliphatic heterocycles.